The topological polar surface area (TPSA) is 43.1 Å². The van der Waals surface area contributed by atoms with Crippen molar-refractivity contribution in [2.45, 2.75) is 13.8 Å². The van der Waals surface area contributed by atoms with Crippen molar-refractivity contribution in [1.82, 2.24) is 4.98 Å². The molecule has 0 bridgehead atoms. The van der Waals surface area contributed by atoms with E-state index >= 15 is 0 Å². The molecule has 2 aromatic rings. The summed E-state index contributed by atoms with van der Waals surface area (Å²) in [6.45, 7) is 3.42. The van der Waals surface area contributed by atoms with Crippen LogP contribution in [0, 0.1) is 6.92 Å². The number of furan rings is 1. The predicted molar refractivity (Wildman–Crippen MR) is 54.6 cm³/mol. The Balaban J connectivity index is 2.43. The molecule has 2 heterocycles. The van der Waals surface area contributed by atoms with Crippen LogP contribution in [0.5, 0.6) is 0 Å². The Morgan fingerprint density at radius 2 is 2.36 bits per heavy atom. The summed E-state index contributed by atoms with van der Waals surface area (Å²) in [5, 5.41) is 0.835. The number of thiazole rings is 1. The van der Waals surface area contributed by atoms with Gasteiger partial charge in [-0.1, -0.05) is 0 Å². The molecule has 4 heteroatoms. The molecule has 0 saturated carbocycles. The van der Waals surface area contributed by atoms with Gasteiger partial charge < -0.3 is 4.42 Å². The summed E-state index contributed by atoms with van der Waals surface area (Å²) in [4.78, 5) is 15.9. The third-order valence-electron chi connectivity index (χ3n) is 1.94. The van der Waals surface area contributed by atoms with Gasteiger partial charge in [-0.15, -0.1) is 11.3 Å². The van der Waals surface area contributed by atoms with Gasteiger partial charge in [-0.25, -0.2) is 4.98 Å². The molecule has 0 radical (unpaired) electrons. The number of hydrogen-bond acceptors (Lipinski definition) is 4. The summed E-state index contributed by atoms with van der Waals surface area (Å²) in [5.74, 6) is 0.879. The summed E-state index contributed by atoms with van der Waals surface area (Å²) in [7, 11) is 0. The second-order valence-corrected chi connectivity index (χ2v) is 4.01. The van der Waals surface area contributed by atoms with Crippen molar-refractivity contribution in [2.24, 2.45) is 0 Å². The molecule has 0 aliphatic carbocycles. The first-order chi connectivity index (χ1) is 6.68. The maximum Gasteiger partial charge on any atom is 0.171 e. The van der Waals surface area contributed by atoms with Gasteiger partial charge in [-0.3, -0.25) is 4.79 Å². The van der Waals surface area contributed by atoms with Gasteiger partial charge in [0.05, 0.1) is 16.7 Å². The van der Waals surface area contributed by atoms with E-state index in [1.807, 2.05) is 13.0 Å². The number of aryl methyl sites for hydroxylation is 1. The molecule has 2 aromatic heterocycles. The van der Waals surface area contributed by atoms with Crippen LogP contribution in [0.15, 0.2) is 22.9 Å². The Labute approximate surface area is 85.4 Å². The number of carbonyl (C=O) groups excluding carboxylic acids is 1. The summed E-state index contributed by atoms with van der Waals surface area (Å²) >= 11 is 1.39. The lowest BCUT2D eigenvalue weighted by Crippen LogP contribution is -1.83. The minimum absolute atomic E-state index is 0.0508. The normalized spacial score (nSPS) is 10.4. The van der Waals surface area contributed by atoms with Crippen molar-refractivity contribution in [2.75, 3.05) is 0 Å². The average Bonchev–Trinajstić information content (AvgIpc) is 2.71. The summed E-state index contributed by atoms with van der Waals surface area (Å²) < 4.78 is 5.17. The van der Waals surface area contributed by atoms with Gasteiger partial charge in [0.25, 0.3) is 0 Å². The van der Waals surface area contributed by atoms with E-state index in [0.29, 0.717) is 4.88 Å². The molecule has 0 fully saturated rings. The quantitative estimate of drug-likeness (QED) is 0.711. The Morgan fingerprint density at radius 3 is 2.86 bits per heavy atom. The lowest BCUT2D eigenvalue weighted by Gasteiger charge is -1.89. The van der Waals surface area contributed by atoms with E-state index in [0.717, 1.165) is 16.3 Å². The summed E-state index contributed by atoms with van der Waals surface area (Å²) in [5.41, 5.74) is 0.961. The highest BCUT2D eigenvalue weighted by atomic mass is 32.1. The number of hydrogen-bond donors (Lipinski definition) is 0. The SMILES string of the molecule is CC(=O)c1cnc(-c2ccoc2C)s1. The highest BCUT2D eigenvalue weighted by Crippen LogP contribution is 2.28. The maximum atomic E-state index is 11.1. The van der Waals surface area contributed by atoms with Crippen LogP contribution in [0.3, 0.4) is 0 Å². The Morgan fingerprint density at radius 1 is 1.57 bits per heavy atom. The van der Waals surface area contributed by atoms with Crippen LogP contribution in [0.1, 0.15) is 22.4 Å². The molecule has 0 unspecified atom stereocenters. The largest absolute Gasteiger partial charge is 0.469 e. The van der Waals surface area contributed by atoms with Gasteiger partial charge in [0.1, 0.15) is 10.8 Å². The molecule has 0 aliphatic rings. The molecule has 0 aliphatic heterocycles. The fraction of sp³-hybridized carbons (Fsp3) is 0.200. The molecular formula is C10H9NO2S. The van der Waals surface area contributed by atoms with Gasteiger partial charge in [0.2, 0.25) is 0 Å². The van der Waals surface area contributed by atoms with Gasteiger partial charge in [-0.2, -0.15) is 0 Å². The lowest BCUT2D eigenvalue weighted by molar-refractivity contribution is 0.102. The zero-order chi connectivity index (χ0) is 10.1. The van der Waals surface area contributed by atoms with Crippen molar-refractivity contribution < 1.29 is 9.21 Å². The Bertz CT molecular complexity index is 470. The van der Waals surface area contributed by atoms with Crippen molar-refractivity contribution in [1.29, 1.82) is 0 Å². The third-order valence-corrected chi connectivity index (χ3v) is 3.07. The van der Waals surface area contributed by atoms with Gasteiger partial charge in [0.15, 0.2) is 5.78 Å². The number of rotatable bonds is 2. The van der Waals surface area contributed by atoms with E-state index in [1.165, 1.54) is 11.3 Å². The number of aromatic nitrogens is 1. The zero-order valence-corrected chi connectivity index (χ0v) is 8.72. The fourth-order valence-corrected chi connectivity index (χ4v) is 2.05. The van der Waals surface area contributed by atoms with E-state index in [9.17, 15) is 4.79 Å². The van der Waals surface area contributed by atoms with Crippen LogP contribution in [0.4, 0.5) is 0 Å². The van der Waals surface area contributed by atoms with E-state index in [1.54, 1.807) is 19.4 Å². The minimum Gasteiger partial charge on any atom is -0.469 e. The standard InChI is InChI=1S/C10H9NO2S/c1-6(12)9-5-11-10(14-9)8-3-4-13-7(8)2/h3-5H,1-2H3. The smallest absolute Gasteiger partial charge is 0.171 e. The lowest BCUT2D eigenvalue weighted by atomic mass is 10.3. The Kier molecular flexibility index (Phi) is 2.21. The van der Waals surface area contributed by atoms with Crippen LogP contribution in [-0.4, -0.2) is 10.8 Å². The van der Waals surface area contributed by atoms with E-state index in [4.69, 9.17) is 4.42 Å². The van der Waals surface area contributed by atoms with Crippen LogP contribution in [0.2, 0.25) is 0 Å². The molecule has 0 spiro atoms. The van der Waals surface area contributed by atoms with Gasteiger partial charge >= 0.3 is 0 Å². The van der Waals surface area contributed by atoms with Crippen LogP contribution >= 0.6 is 11.3 Å². The average molecular weight is 207 g/mol. The molecule has 3 nitrogen and oxygen atoms in total. The molecule has 0 aromatic carbocycles. The zero-order valence-electron chi connectivity index (χ0n) is 7.90. The van der Waals surface area contributed by atoms with Gasteiger partial charge in [0, 0.05) is 13.1 Å². The number of nitrogens with zero attached hydrogens (tertiary/aromatic N) is 1. The van der Waals surface area contributed by atoms with Crippen molar-refractivity contribution >= 4 is 17.1 Å². The van der Waals surface area contributed by atoms with E-state index < -0.39 is 0 Å². The molecule has 2 rings (SSSR count). The first-order valence-electron chi connectivity index (χ1n) is 4.19. The van der Waals surface area contributed by atoms with Crippen LogP contribution in [0.25, 0.3) is 10.6 Å². The fourth-order valence-electron chi connectivity index (χ4n) is 1.17. The third kappa shape index (κ3) is 1.48. The minimum atomic E-state index is 0.0508. The number of ketones is 1. The molecule has 0 amide bonds. The molecule has 0 N–H and O–H groups in total. The maximum absolute atomic E-state index is 11.1. The van der Waals surface area contributed by atoms with E-state index in [-0.39, 0.29) is 5.78 Å². The van der Waals surface area contributed by atoms with Gasteiger partial charge in [-0.05, 0) is 13.0 Å². The second-order valence-electron chi connectivity index (χ2n) is 2.98. The summed E-state index contributed by atoms with van der Waals surface area (Å²) in [6, 6.07) is 1.86. The van der Waals surface area contributed by atoms with Crippen molar-refractivity contribution in [3.8, 4) is 10.6 Å². The number of carbonyl (C=O) groups is 1. The molecular weight excluding hydrogens is 198 g/mol. The Hall–Kier alpha value is -1.42. The summed E-state index contributed by atoms with van der Waals surface area (Å²) in [6.07, 6.45) is 3.23. The molecule has 14 heavy (non-hydrogen) atoms. The first kappa shape index (κ1) is 9.15. The number of Topliss-reactive ketones (excluding diaryl/α,β-unsaturated/α-hetero) is 1. The van der Waals surface area contributed by atoms with Crippen LogP contribution < -0.4 is 0 Å². The predicted octanol–water partition coefficient (Wildman–Crippen LogP) is 2.91. The highest BCUT2D eigenvalue weighted by Gasteiger charge is 2.11. The van der Waals surface area contributed by atoms with Crippen LogP contribution in [-0.2, 0) is 0 Å². The van der Waals surface area contributed by atoms with Crippen molar-refractivity contribution in [3.05, 3.63) is 29.2 Å². The second kappa shape index (κ2) is 3.38. The molecule has 72 valence electrons. The van der Waals surface area contributed by atoms with Crippen molar-refractivity contribution in [3.63, 3.8) is 0 Å². The molecule has 0 saturated heterocycles. The highest BCUT2D eigenvalue weighted by molar-refractivity contribution is 7.16. The first-order valence-corrected chi connectivity index (χ1v) is 5.01. The molecule has 0 atom stereocenters. The van der Waals surface area contributed by atoms with E-state index in [2.05, 4.69) is 4.98 Å². The monoisotopic (exact) mass is 207 g/mol.